The summed E-state index contributed by atoms with van der Waals surface area (Å²) in [6.45, 7) is 1.44. The summed E-state index contributed by atoms with van der Waals surface area (Å²) in [6.07, 6.45) is 0. The first-order valence-electron chi connectivity index (χ1n) is 7.75. The van der Waals surface area contributed by atoms with Gasteiger partial charge < -0.3 is 5.32 Å². The van der Waals surface area contributed by atoms with Gasteiger partial charge in [-0.1, -0.05) is 11.6 Å². The van der Waals surface area contributed by atoms with Crippen LogP contribution < -0.4 is 5.32 Å². The molecule has 0 aliphatic carbocycles. The van der Waals surface area contributed by atoms with Gasteiger partial charge in [0.05, 0.1) is 31.7 Å². The number of carbonyl (C=O) groups is 1. The van der Waals surface area contributed by atoms with E-state index in [9.17, 15) is 17.6 Å². The molecule has 1 N–H and O–H groups in total. The second-order valence-electron chi connectivity index (χ2n) is 5.80. The predicted octanol–water partition coefficient (Wildman–Crippen LogP) is 3.66. The number of rotatable bonds is 5. The zero-order chi connectivity index (χ0) is 19.8. The fourth-order valence-electron chi connectivity index (χ4n) is 2.42. The molecule has 0 spiro atoms. The average molecular weight is 428 g/mol. The number of aromatic nitrogens is 1. The molecule has 1 amide bonds. The monoisotopic (exact) mass is 427 g/mol. The molecule has 3 rings (SSSR count). The van der Waals surface area contributed by atoms with Crippen molar-refractivity contribution in [3.05, 3.63) is 52.2 Å². The summed E-state index contributed by atoms with van der Waals surface area (Å²) >= 11 is 7.06. The SMILES string of the molecule is Cc1nc2ccc(S(=O)(=O)N(C)CC(=O)Nc3ccc(F)c(Cl)c3)cc2s1. The third kappa shape index (κ3) is 4.27. The smallest absolute Gasteiger partial charge is 0.243 e. The van der Waals surface area contributed by atoms with Gasteiger partial charge in [0.25, 0.3) is 0 Å². The number of likely N-dealkylation sites (N-methyl/N-ethyl adjacent to an activating group) is 1. The van der Waals surface area contributed by atoms with Crippen LogP contribution in [0, 0.1) is 12.7 Å². The number of halogens is 2. The third-order valence-electron chi connectivity index (χ3n) is 3.74. The molecule has 0 bridgehead atoms. The average Bonchev–Trinajstić information content (AvgIpc) is 2.97. The Morgan fingerprint density at radius 1 is 1.30 bits per heavy atom. The lowest BCUT2D eigenvalue weighted by Crippen LogP contribution is -2.34. The number of benzene rings is 2. The van der Waals surface area contributed by atoms with Crippen LogP contribution in [0.1, 0.15) is 5.01 Å². The van der Waals surface area contributed by atoms with Crippen LogP contribution in [-0.2, 0) is 14.8 Å². The summed E-state index contributed by atoms with van der Waals surface area (Å²) < 4.78 is 40.3. The number of amides is 1. The van der Waals surface area contributed by atoms with Crippen LogP contribution in [0.25, 0.3) is 10.2 Å². The molecule has 0 radical (unpaired) electrons. The molecule has 1 heterocycles. The van der Waals surface area contributed by atoms with Crippen molar-refractivity contribution in [1.82, 2.24) is 9.29 Å². The Kier molecular flexibility index (Phi) is 5.48. The summed E-state index contributed by atoms with van der Waals surface area (Å²) in [5, 5.41) is 3.19. The lowest BCUT2D eigenvalue weighted by Gasteiger charge is -2.17. The van der Waals surface area contributed by atoms with E-state index >= 15 is 0 Å². The number of aryl methyl sites for hydroxylation is 1. The molecular weight excluding hydrogens is 413 g/mol. The molecule has 142 valence electrons. The lowest BCUT2D eigenvalue weighted by molar-refractivity contribution is -0.116. The van der Waals surface area contributed by atoms with Crippen LogP contribution in [0.15, 0.2) is 41.3 Å². The van der Waals surface area contributed by atoms with Crippen molar-refractivity contribution in [2.75, 3.05) is 18.9 Å². The maximum absolute atomic E-state index is 13.2. The number of thiazole rings is 1. The quantitative estimate of drug-likeness (QED) is 0.674. The number of nitrogens with zero attached hydrogens (tertiary/aromatic N) is 2. The highest BCUT2D eigenvalue weighted by atomic mass is 35.5. The van der Waals surface area contributed by atoms with Gasteiger partial charge >= 0.3 is 0 Å². The van der Waals surface area contributed by atoms with E-state index in [0.29, 0.717) is 0 Å². The second kappa shape index (κ2) is 7.51. The Labute approximate surface area is 164 Å². The summed E-state index contributed by atoms with van der Waals surface area (Å²) in [4.78, 5) is 16.5. The van der Waals surface area contributed by atoms with E-state index < -0.39 is 28.3 Å². The van der Waals surface area contributed by atoms with Gasteiger partial charge in [0.2, 0.25) is 15.9 Å². The van der Waals surface area contributed by atoms with E-state index in [1.165, 1.54) is 36.6 Å². The second-order valence-corrected chi connectivity index (χ2v) is 9.49. The van der Waals surface area contributed by atoms with Crippen molar-refractivity contribution in [3.63, 3.8) is 0 Å². The molecule has 6 nitrogen and oxygen atoms in total. The molecule has 10 heteroatoms. The molecule has 0 aliphatic heterocycles. The zero-order valence-electron chi connectivity index (χ0n) is 14.4. The van der Waals surface area contributed by atoms with Crippen molar-refractivity contribution in [2.24, 2.45) is 0 Å². The van der Waals surface area contributed by atoms with Gasteiger partial charge in [-0.05, 0) is 43.3 Å². The first kappa shape index (κ1) is 19.7. The summed E-state index contributed by atoms with van der Waals surface area (Å²) in [7, 11) is -2.54. The largest absolute Gasteiger partial charge is 0.325 e. The van der Waals surface area contributed by atoms with Crippen molar-refractivity contribution in [2.45, 2.75) is 11.8 Å². The Bertz CT molecular complexity index is 1130. The first-order valence-corrected chi connectivity index (χ1v) is 10.4. The number of anilines is 1. The lowest BCUT2D eigenvalue weighted by atomic mass is 10.3. The Morgan fingerprint density at radius 3 is 2.74 bits per heavy atom. The number of hydrogen-bond donors (Lipinski definition) is 1. The van der Waals surface area contributed by atoms with E-state index in [0.717, 1.165) is 25.6 Å². The molecule has 0 saturated heterocycles. The topological polar surface area (TPSA) is 79.4 Å². The first-order chi connectivity index (χ1) is 12.7. The third-order valence-corrected chi connectivity index (χ3v) is 6.77. The number of carbonyl (C=O) groups excluding carboxylic acids is 1. The summed E-state index contributed by atoms with van der Waals surface area (Å²) in [5.41, 5.74) is 1.00. The van der Waals surface area contributed by atoms with E-state index in [-0.39, 0.29) is 15.6 Å². The highest BCUT2D eigenvalue weighted by Gasteiger charge is 2.24. The molecular formula is C17H15ClFN3O3S2. The van der Waals surface area contributed by atoms with Gasteiger partial charge in [-0.15, -0.1) is 11.3 Å². The molecule has 0 fully saturated rings. The maximum Gasteiger partial charge on any atom is 0.243 e. The molecule has 0 unspecified atom stereocenters. The molecule has 1 aromatic heterocycles. The minimum Gasteiger partial charge on any atom is -0.325 e. The van der Waals surface area contributed by atoms with Crippen molar-refractivity contribution in [1.29, 1.82) is 0 Å². The van der Waals surface area contributed by atoms with Crippen LogP contribution in [0.2, 0.25) is 5.02 Å². The number of sulfonamides is 1. The fourth-order valence-corrected chi connectivity index (χ4v) is 4.70. The molecule has 2 aromatic carbocycles. The molecule has 27 heavy (non-hydrogen) atoms. The maximum atomic E-state index is 13.2. The van der Waals surface area contributed by atoms with Crippen LogP contribution in [0.3, 0.4) is 0 Å². The number of fused-ring (bicyclic) bond motifs is 1. The molecule has 0 atom stereocenters. The minimum absolute atomic E-state index is 0.0822. The Hall–Kier alpha value is -2.07. The van der Waals surface area contributed by atoms with E-state index in [4.69, 9.17) is 11.6 Å². The number of hydrogen-bond acceptors (Lipinski definition) is 5. The van der Waals surface area contributed by atoms with Crippen molar-refractivity contribution in [3.8, 4) is 0 Å². The van der Waals surface area contributed by atoms with E-state index in [2.05, 4.69) is 10.3 Å². The van der Waals surface area contributed by atoms with Gasteiger partial charge in [0, 0.05) is 12.7 Å². The van der Waals surface area contributed by atoms with Gasteiger partial charge in [0.1, 0.15) is 5.82 Å². The summed E-state index contributed by atoms with van der Waals surface area (Å²) in [6, 6.07) is 8.36. The minimum atomic E-state index is -3.86. The number of nitrogens with one attached hydrogen (secondary N) is 1. The standard InChI is InChI=1S/C17H15ClFN3O3S2/c1-10-20-15-6-4-12(8-16(15)26-10)27(24,25)22(2)9-17(23)21-11-3-5-14(19)13(18)7-11/h3-8H,9H2,1-2H3,(H,21,23). The highest BCUT2D eigenvalue weighted by Crippen LogP contribution is 2.26. The van der Waals surface area contributed by atoms with Crippen molar-refractivity contribution >= 4 is 54.8 Å². The summed E-state index contributed by atoms with van der Waals surface area (Å²) in [5.74, 6) is -1.18. The fraction of sp³-hybridized carbons (Fsp3) is 0.176. The van der Waals surface area contributed by atoms with Gasteiger partial charge in [-0.2, -0.15) is 4.31 Å². The van der Waals surface area contributed by atoms with Crippen LogP contribution in [0.4, 0.5) is 10.1 Å². The van der Waals surface area contributed by atoms with Crippen LogP contribution >= 0.6 is 22.9 Å². The highest BCUT2D eigenvalue weighted by molar-refractivity contribution is 7.89. The van der Waals surface area contributed by atoms with Crippen LogP contribution in [0.5, 0.6) is 0 Å². The Balaban J connectivity index is 1.75. The molecule has 3 aromatic rings. The van der Waals surface area contributed by atoms with Crippen molar-refractivity contribution < 1.29 is 17.6 Å². The van der Waals surface area contributed by atoms with Gasteiger partial charge in [-0.3, -0.25) is 4.79 Å². The van der Waals surface area contributed by atoms with E-state index in [1.54, 1.807) is 12.1 Å². The molecule has 0 aliphatic rings. The normalized spacial score (nSPS) is 11.9. The van der Waals surface area contributed by atoms with Gasteiger partial charge in [-0.25, -0.2) is 17.8 Å². The zero-order valence-corrected chi connectivity index (χ0v) is 16.8. The van der Waals surface area contributed by atoms with Gasteiger partial charge in [0.15, 0.2) is 0 Å². The van der Waals surface area contributed by atoms with Crippen LogP contribution in [-0.4, -0.2) is 37.2 Å². The van der Waals surface area contributed by atoms with E-state index in [1.807, 2.05) is 6.92 Å². The predicted molar refractivity (Wildman–Crippen MR) is 104 cm³/mol. The Morgan fingerprint density at radius 2 is 2.04 bits per heavy atom. The molecule has 0 saturated carbocycles.